The lowest BCUT2D eigenvalue weighted by Crippen LogP contribution is -2.34. The molecule has 0 radical (unpaired) electrons. The first kappa shape index (κ1) is 15.7. The van der Waals surface area contributed by atoms with Crippen LogP contribution < -0.4 is 0 Å². The van der Waals surface area contributed by atoms with Crippen molar-refractivity contribution in [3.8, 4) is 0 Å². The van der Waals surface area contributed by atoms with Crippen molar-refractivity contribution in [3.63, 3.8) is 0 Å². The van der Waals surface area contributed by atoms with Crippen molar-refractivity contribution in [2.45, 2.75) is 11.8 Å². The predicted molar refractivity (Wildman–Crippen MR) is 85.2 cm³/mol. The van der Waals surface area contributed by atoms with E-state index in [-0.39, 0.29) is 17.6 Å². The van der Waals surface area contributed by atoms with Gasteiger partial charge in [0.05, 0.1) is 0 Å². The van der Waals surface area contributed by atoms with E-state index in [9.17, 15) is 4.39 Å². The predicted octanol–water partition coefficient (Wildman–Crippen LogP) is 4.94. The third kappa shape index (κ3) is 3.33. The van der Waals surface area contributed by atoms with E-state index in [1.165, 1.54) is 6.07 Å². The molecule has 0 amide bonds. The number of benzene rings is 1. The van der Waals surface area contributed by atoms with Gasteiger partial charge in [-0.1, -0.05) is 18.2 Å². The summed E-state index contributed by atoms with van der Waals surface area (Å²) < 4.78 is 15.0. The molecule has 0 aliphatic rings. The zero-order chi connectivity index (χ0) is 14.6. The molecule has 1 aromatic heterocycles. The molecule has 1 nitrogen and oxygen atoms in total. The minimum atomic E-state index is -0.657. The Labute approximate surface area is 136 Å². The van der Waals surface area contributed by atoms with Crippen LogP contribution in [0.3, 0.4) is 0 Å². The number of hydrogen-bond donors (Lipinski definition) is 0. The van der Waals surface area contributed by atoms with Crippen LogP contribution in [0.4, 0.5) is 4.39 Å². The van der Waals surface area contributed by atoms with Crippen molar-refractivity contribution in [1.82, 2.24) is 4.98 Å². The highest BCUT2D eigenvalue weighted by molar-refractivity contribution is 9.10. The topological polar surface area (TPSA) is 12.9 Å². The average Bonchev–Trinajstić information content (AvgIpc) is 2.48. The Balaban J connectivity index is 2.39. The molecule has 2 aromatic rings. The van der Waals surface area contributed by atoms with Crippen LogP contribution in [-0.4, -0.2) is 16.7 Å². The van der Waals surface area contributed by atoms with Crippen LogP contribution in [0.1, 0.15) is 11.3 Å². The molecule has 0 aliphatic carbocycles. The van der Waals surface area contributed by atoms with Crippen LogP contribution in [-0.2, 0) is 11.8 Å². The highest BCUT2D eigenvalue weighted by Gasteiger charge is 2.33. The van der Waals surface area contributed by atoms with Crippen molar-refractivity contribution in [2.24, 2.45) is 0 Å². The van der Waals surface area contributed by atoms with Crippen LogP contribution in [0.25, 0.3) is 0 Å². The van der Waals surface area contributed by atoms with E-state index >= 15 is 0 Å². The molecule has 0 atom stereocenters. The normalized spacial score (nSPS) is 11.6. The summed E-state index contributed by atoms with van der Waals surface area (Å²) in [4.78, 5) is 4.33. The van der Waals surface area contributed by atoms with E-state index in [2.05, 4.69) is 20.9 Å². The van der Waals surface area contributed by atoms with Gasteiger partial charge >= 0.3 is 0 Å². The fourth-order valence-electron chi connectivity index (χ4n) is 2.12. The monoisotopic (exact) mass is 375 g/mol. The third-order valence-electron chi connectivity index (χ3n) is 3.26. The number of pyridine rings is 1. The summed E-state index contributed by atoms with van der Waals surface area (Å²) in [6.45, 7) is 0. The van der Waals surface area contributed by atoms with Gasteiger partial charge < -0.3 is 0 Å². The molecule has 1 aromatic carbocycles. The molecule has 2 rings (SSSR count). The molecular weight excluding hydrogens is 364 g/mol. The average molecular weight is 377 g/mol. The minimum absolute atomic E-state index is 0.231. The Morgan fingerprint density at radius 3 is 2.35 bits per heavy atom. The van der Waals surface area contributed by atoms with Gasteiger partial charge in [-0.2, -0.15) is 0 Å². The summed E-state index contributed by atoms with van der Waals surface area (Å²) >= 11 is 15.6. The van der Waals surface area contributed by atoms with E-state index < -0.39 is 5.41 Å². The molecule has 0 unspecified atom stereocenters. The van der Waals surface area contributed by atoms with E-state index in [0.29, 0.717) is 12.0 Å². The van der Waals surface area contributed by atoms with Crippen LogP contribution in [0.5, 0.6) is 0 Å². The van der Waals surface area contributed by atoms with Gasteiger partial charge in [-0.25, -0.2) is 4.39 Å². The molecule has 20 heavy (non-hydrogen) atoms. The van der Waals surface area contributed by atoms with E-state index in [1.54, 1.807) is 24.4 Å². The second-order valence-electron chi connectivity index (χ2n) is 4.67. The number of rotatable bonds is 5. The molecule has 1 heterocycles. The number of nitrogens with zero attached hydrogens (tertiary/aromatic N) is 1. The van der Waals surface area contributed by atoms with Crippen LogP contribution in [0.2, 0.25) is 0 Å². The molecule has 0 N–H and O–H groups in total. The minimum Gasteiger partial charge on any atom is -0.260 e. The molecule has 0 spiro atoms. The lowest BCUT2D eigenvalue weighted by Gasteiger charge is -2.30. The van der Waals surface area contributed by atoms with Gasteiger partial charge in [0, 0.05) is 40.0 Å². The highest BCUT2D eigenvalue weighted by Crippen LogP contribution is 2.33. The van der Waals surface area contributed by atoms with Crippen molar-refractivity contribution >= 4 is 39.1 Å². The zero-order valence-electron chi connectivity index (χ0n) is 10.6. The number of hydrogen-bond acceptors (Lipinski definition) is 1. The van der Waals surface area contributed by atoms with E-state index in [1.807, 2.05) is 12.1 Å². The first-order chi connectivity index (χ1) is 9.61. The van der Waals surface area contributed by atoms with Crippen LogP contribution in [0.15, 0.2) is 47.1 Å². The first-order valence-electron chi connectivity index (χ1n) is 6.09. The fourth-order valence-corrected chi connectivity index (χ4v) is 3.12. The lowest BCUT2D eigenvalue weighted by molar-refractivity contribution is 0.486. The van der Waals surface area contributed by atoms with Gasteiger partial charge in [0.15, 0.2) is 0 Å². The second kappa shape index (κ2) is 6.88. The maximum atomic E-state index is 14.1. The van der Waals surface area contributed by atoms with Crippen molar-refractivity contribution in [1.29, 1.82) is 0 Å². The number of alkyl halides is 2. The summed E-state index contributed by atoms with van der Waals surface area (Å²) in [7, 11) is 0. The third-order valence-corrected chi connectivity index (χ3v) is 4.76. The summed E-state index contributed by atoms with van der Waals surface area (Å²) in [5.74, 6) is 0.176. The van der Waals surface area contributed by atoms with Crippen molar-refractivity contribution < 1.29 is 4.39 Å². The Hall–Kier alpha value is -0.640. The lowest BCUT2D eigenvalue weighted by atomic mass is 9.79. The van der Waals surface area contributed by atoms with Gasteiger partial charge in [-0.05, 0) is 39.7 Å². The van der Waals surface area contributed by atoms with Crippen molar-refractivity contribution in [2.75, 3.05) is 11.8 Å². The number of aromatic nitrogens is 1. The summed E-state index contributed by atoms with van der Waals surface area (Å²) in [6.07, 6.45) is 2.21. The Morgan fingerprint density at radius 1 is 1.10 bits per heavy atom. The molecule has 0 bridgehead atoms. The zero-order valence-corrected chi connectivity index (χ0v) is 13.7. The van der Waals surface area contributed by atoms with Crippen LogP contribution >= 0.6 is 39.1 Å². The van der Waals surface area contributed by atoms with E-state index in [0.717, 1.165) is 10.2 Å². The molecule has 5 heteroatoms. The molecule has 0 saturated heterocycles. The van der Waals surface area contributed by atoms with Gasteiger partial charge in [0.1, 0.15) is 5.82 Å². The second-order valence-corrected chi connectivity index (χ2v) is 6.12. The molecule has 106 valence electrons. The number of halogens is 4. The van der Waals surface area contributed by atoms with Crippen molar-refractivity contribution in [3.05, 3.63) is 64.1 Å². The fraction of sp³-hybridized carbons (Fsp3) is 0.267. The summed E-state index contributed by atoms with van der Waals surface area (Å²) in [6, 6.07) is 10.4. The first-order valence-corrected chi connectivity index (χ1v) is 7.95. The smallest absolute Gasteiger partial charge is 0.127 e. The Morgan fingerprint density at radius 2 is 1.80 bits per heavy atom. The summed E-state index contributed by atoms with van der Waals surface area (Å²) in [5, 5.41) is 0. The van der Waals surface area contributed by atoms with Crippen LogP contribution in [0, 0.1) is 5.82 Å². The maximum Gasteiger partial charge on any atom is 0.127 e. The summed E-state index contributed by atoms with van der Waals surface area (Å²) in [5.41, 5.74) is 0.711. The highest BCUT2D eigenvalue weighted by atomic mass is 79.9. The van der Waals surface area contributed by atoms with Gasteiger partial charge in [0.2, 0.25) is 0 Å². The van der Waals surface area contributed by atoms with Gasteiger partial charge in [-0.15, -0.1) is 23.2 Å². The Kier molecular flexibility index (Phi) is 5.42. The quantitative estimate of drug-likeness (QED) is 0.673. The Bertz CT molecular complexity index is 570. The molecule has 0 saturated carbocycles. The molecular formula is C15H13BrCl2FN. The molecule has 0 aliphatic heterocycles. The molecule has 0 fully saturated rings. The maximum absolute atomic E-state index is 14.1. The standard InChI is InChI=1S/C15H13BrCl2FN/c16-11-5-6-12(20-8-11)7-15(9-17,10-18)13-3-1-2-4-14(13)19/h1-6,8H,7,9-10H2. The largest absolute Gasteiger partial charge is 0.260 e. The van der Waals surface area contributed by atoms with Gasteiger partial charge in [0.25, 0.3) is 0 Å². The van der Waals surface area contributed by atoms with Gasteiger partial charge in [-0.3, -0.25) is 4.98 Å². The van der Waals surface area contributed by atoms with E-state index in [4.69, 9.17) is 23.2 Å². The SMILES string of the molecule is Fc1ccccc1C(CCl)(CCl)Cc1ccc(Br)cn1.